The van der Waals surface area contributed by atoms with Gasteiger partial charge in [0, 0.05) is 12.4 Å². The van der Waals surface area contributed by atoms with E-state index in [4.69, 9.17) is 9.84 Å². The summed E-state index contributed by atoms with van der Waals surface area (Å²) in [5.41, 5.74) is 2.41. The van der Waals surface area contributed by atoms with Crippen molar-refractivity contribution in [2.45, 2.75) is 56.4 Å². The maximum atomic E-state index is 12.9. The van der Waals surface area contributed by atoms with Crippen LogP contribution in [0.25, 0.3) is 22.3 Å². The summed E-state index contributed by atoms with van der Waals surface area (Å²) in [5, 5.41) is 8.89. The maximum absolute atomic E-state index is 12.9. The van der Waals surface area contributed by atoms with Gasteiger partial charge < -0.3 is 9.84 Å². The molecule has 0 saturated heterocycles. The zero-order valence-electron chi connectivity index (χ0n) is 27.1. The van der Waals surface area contributed by atoms with E-state index in [0.717, 1.165) is 25.3 Å². The lowest BCUT2D eigenvalue weighted by Gasteiger charge is -2.19. The number of esters is 1. The molecule has 14 nitrogen and oxygen atoms in total. The molecule has 254 valence electrons. The number of benzene rings is 2. The van der Waals surface area contributed by atoms with Gasteiger partial charge >= 0.3 is 11.9 Å². The van der Waals surface area contributed by atoms with Crippen LogP contribution >= 0.6 is 0 Å². The van der Waals surface area contributed by atoms with Gasteiger partial charge in [-0.15, -0.1) is 0 Å². The van der Waals surface area contributed by atoms with Gasteiger partial charge in [-0.25, -0.2) is 49.5 Å². The Hall–Kier alpha value is -5.48. The van der Waals surface area contributed by atoms with E-state index in [1.165, 1.54) is 36.8 Å². The summed E-state index contributed by atoms with van der Waals surface area (Å²) in [6, 6.07) is 16.0. The molecule has 0 radical (unpaired) electrons. The second-order valence-electron chi connectivity index (χ2n) is 12.0. The highest BCUT2D eigenvalue weighted by molar-refractivity contribution is 7.90. The standard InChI is InChI=1S/C19H21N3O4S.C14H11N3O4S/c1-13-5-7-15(8-6-13)27(24,25)22-10-9-16-18(22)20-12-14(21-16)11-17(23)26-19(2,3)4;1-9-2-4-10(5-3-9)22(20,21)17-7-6-11-13(17)15-8-12(16-11)14(18)19/h5-10,12H,11H2,1-4H3;2-8H,1H3,(H,18,19). The van der Waals surface area contributed by atoms with Gasteiger partial charge in [-0.05, 0) is 71.0 Å². The van der Waals surface area contributed by atoms with Gasteiger partial charge in [0.15, 0.2) is 17.0 Å². The molecule has 49 heavy (non-hydrogen) atoms. The highest BCUT2D eigenvalue weighted by Crippen LogP contribution is 2.22. The number of fused-ring (bicyclic) bond motifs is 2. The number of carbonyl (C=O) groups is 2. The Balaban J connectivity index is 0.000000195. The monoisotopic (exact) mass is 704 g/mol. The highest BCUT2D eigenvalue weighted by atomic mass is 32.2. The number of aryl methyl sites for hydroxylation is 2. The Bertz CT molecular complexity index is 2410. The molecule has 0 aliphatic rings. The minimum atomic E-state index is -3.81. The van der Waals surface area contributed by atoms with Crippen molar-refractivity contribution >= 4 is 54.3 Å². The SMILES string of the molecule is Cc1ccc(S(=O)(=O)n2ccc3nc(C(=O)O)cnc32)cc1.Cc1ccc(S(=O)(=O)n2ccc3nc(CC(=O)OC(C)(C)C)cnc32)cc1. The molecule has 0 fully saturated rings. The van der Waals surface area contributed by atoms with E-state index in [0.29, 0.717) is 11.2 Å². The predicted molar refractivity (Wildman–Crippen MR) is 179 cm³/mol. The molecule has 0 amide bonds. The Morgan fingerprint density at radius 2 is 1.16 bits per heavy atom. The molecule has 6 rings (SSSR count). The molecule has 0 aliphatic carbocycles. The zero-order chi connectivity index (χ0) is 35.7. The van der Waals surface area contributed by atoms with E-state index in [-0.39, 0.29) is 38.7 Å². The molecule has 1 N–H and O–H groups in total. The topological polar surface area (TPSA) is 193 Å². The number of ether oxygens (including phenoxy) is 1. The van der Waals surface area contributed by atoms with E-state index in [1.54, 1.807) is 63.2 Å². The molecule has 0 aliphatic heterocycles. The fourth-order valence-corrected chi connectivity index (χ4v) is 7.16. The molecule has 0 unspecified atom stereocenters. The van der Waals surface area contributed by atoms with E-state index >= 15 is 0 Å². The lowest BCUT2D eigenvalue weighted by atomic mass is 10.2. The number of carboxylic acid groups (broad SMARTS) is 1. The normalized spacial score (nSPS) is 12.0. The van der Waals surface area contributed by atoms with Crippen LogP contribution in [0, 0.1) is 13.8 Å². The van der Waals surface area contributed by atoms with Crippen LogP contribution in [0.15, 0.2) is 95.2 Å². The van der Waals surface area contributed by atoms with Crippen molar-refractivity contribution in [2.24, 2.45) is 0 Å². The summed E-state index contributed by atoms with van der Waals surface area (Å²) >= 11 is 0. The third-order valence-corrected chi connectivity index (χ3v) is 10.2. The summed E-state index contributed by atoms with van der Waals surface area (Å²) in [7, 11) is -7.58. The fourth-order valence-electron chi connectivity index (χ4n) is 4.56. The molecule has 0 bridgehead atoms. The number of nitrogens with zero attached hydrogens (tertiary/aromatic N) is 6. The first-order valence-corrected chi connectivity index (χ1v) is 17.6. The van der Waals surface area contributed by atoms with Crippen LogP contribution in [-0.4, -0.2) is 67.4 Å². The smallest absolute Gasteiger partial charge is 0.356 e. The van der Waals surface area contributed by atoms with Crippen LogP contribution in [0.2, 0.25) is 0 Å². The van der Waals surface area contributed by atoms with Gasteiger partial charge in [0.05, 0.1) is 34.3 Å². The molecule has 0 spiro atoms. The largest absolute Gasteiger partial charge is 0.476 e. The van der Waals surface area contributed by atoms with E-state index in [9.17, 15) is 26.4 Å². The van der Waals surface area contributed by atoms with Gasteiger partial charge in [-0.2, -0.15) is 0 Å². The average Bonchev–Trinajstić information content (AvgIpc) is 3.65. The van der Waals surface area contributed by atoms with Crippen molar-refractivity contribution in [3.8, 4) is 0 Å². The molecule has 0 saturated carbocycles. The molecular weight excluding hydrogens is 673 g/mol. The first-order valence-electron chi connectivity index (χ1n) is 14.7. The summed E-state index contributed by atoms with van der Waals surface area (Å²) < 4.78 is 58.3. The van der Waals surface area contributed by atoms with Crippen molar-refractivity contribution in [2.75, 3.05) is 0 Å². The highest BCUT2D eigenvalue weighted by Gasteiger charge is 2.23. The zero-order valence-corrected chi connectivity index (χ0v) is 28.7. The molecule has 0 atom stereocenters. The molecule has 4 heterocycles. The predicted octanol–water partition coefficient (Wildman–Crippen LogP) is 4.54. The molecule has 2 aromatic carbocycles. The Labute approximate surface area is 282 Å². The molecular formula is C33H32N6O8S2. The third kappa shape index (κ3) is 7.65. The van der Waals surface area contributed by atoms with Gasteiger partial charge in [-0.3, -0.25) is 4.79 Å². The average molecular weight is 705 g/mol. The van der Waals surface area contributed by atoms with Crippen LogP contribution in [0.4, 0.5) is 0 Å². The Morgan fingerprint density at radius 1 is 0.714 bits per heavy atom. The van der Waals surface area contributed by atoms with Gasteiger partial charge in [-0.1, -0.05) is 35.4 Å². The van der Waals surface area contributed by atoms with Gasteiger partial charge in [0.2, 0.25) is 0 Å². The van der Waals surface area contributed by atoms with E-state index < -0.39 is 37.6 Å². The van der Waals surface area contributed by atoms with Crippen LogP contribution in [0.3, 0.4) is 0 Å². The Kier molecular flexibility index (Phi) is 9.39. The van der Waals surface area contributed by atoms with Crippen molar-refractivity contribution in [3.05, 3.63) is 108 Å². The minimum Gasteiger partial charge on any atom is -0.476 e. The van der Waals surface area contributed by atoms with E-state index in [1.807, 2.05) is 13.8 Å². The first kappa shape index (κ1) is 34.8. The molecule has 16 heteroatoms. The molecule has 6 aromatic rings. The van der Waals surface area contributed by atoms with Crippen molar-refractivity contribution in [1.82, 2.24) is 27.9 Å². The summed E-state index contributed by atoms with van der Waals surface area (Å²) in [4.78, 5) is 39.5. The van der Waals surface area contributed by atoms with Crippen molar-refractivity contribution in [3.63, 3.8) is 0 Å². The van der Waals surface area contributed by atoms with E-state index in [2.05, 4.69) is 19.9 Å². The van der Waals surface area contributed by atoms with Crippen LogP contribution in [-0.2, 0) is 36.0 Å². The van der Waals surface area contributed by atoms with Crippen LogP contribution in [0.5, 0.6) is 0 Å². The lowest BCUT2D eigenvalue weighted by molar-refractivity contribution is -0.154. The number of aromatic nitrogens is 6. The quantitative estimate of drug-likeness (QED) is 0.229. The number of carboxylic acids is 1. The summed E-state index contributed by atoms with van der Waals surface area (Å²) in [6.45, 7) is 9.11. The summed E-state index contributed by atoms with van der Waals surface area (Å²) in [5.74, 6) is -1.63. The second-order valence-corrected chi connectivity index (χ2v) is 15.6. The fraction of sp³-hybridized carbons (Fsp3) is 0.212. The maximum Gasteiger partial charge on any atom is 0.356 e. The van der Waals surface area contributed by atoms with Gasteiger partial charge in [0.25, 0.3) is 20.0 Å². The van der Waals surface area contributed by atoms with Crippen molar-refractivity contribution < 1.29 is 36.3 Å². The number of hydrogen-bond acceptors (Lipinski definition) is 11. The van der Waals surface area contributed by atoms with Gasteiger partial charge in [0.1, 0.15) is 16.6 Å². The van der Waals surface area contributed by atoms with Crippen LogP contribution < -0.4 is 0 Å². The molecule has 4 aromatic heterocycles. The Morgan fingerprint density at radius 3 is 1.61 bits per heavy atom. The first-order chi connectivity index (χ1) is 23.0. The number of hydrogen-bond donors (Lipinski definition) is 1. The number of aromatic carboxylic acids is 1. The minimum absolute atomic E-state index is 0.0316. The number of carbonyl (C=O) groups excluding carboxylic acids is 1. The lowest BCUT2D eigenvalue weighted by Crippen LogP contribution is -2.25. The van der Waals surface area contributed by atoms with Crippen LogP contribution in [0.1, 0.15) is 48.1 Å². The second kappa shape index (κ2) is 13.2. The van der Waals surface area contributed by atoms with Crippen molar-refractivity contribution in [1.29, 1.82) is 0 Å². The third-order valence-electron chi connectivity index (χ3n) is 6.88. The summed E-state index contributed by atoms with van der Waals surface area (Å²) in [6.07, 6.45) is 5.12. The number of rotatable bonds is 7.